The lowest BCUT2D eigenvalue weighted by Crippen LogP contribution is -1.94. The van der Waals surface area contributed by atoms with Crippen molar-refractivity contribution in [1.82, 2.24) is 4.98 Å². The van der Waals surface area contributed by atoms with Crippen LogP contribution in [-0.2, 0) is 0 Å². The largest absolute Gasteiger partial charge is 0.493 e. The van der Waals surface area contributed by atoms with E-state index in [4.69, 9.17) is 14.7 Å². The van der Waals surface area contributed by atoms with E-state index >= 15 is 0 Å². The smallest absolute Gasteiger partial charge is 0.220 e. The van der Waals surface area contributed by atoms with Gasteiger partial charge in [0.1, 0.15) is 18.0 Å². The van der Waals surface area contributed by atoms with Gasteiger partial charge in [0.2, 0.25) is 5.88 Å². The first kappa shape index (κ1) is 12.6. The second-order valence-corrected chi connectivity index (χ2v) is 3.60. The molecule has 5 nitrogen and oxygen atoms in total. The van der Waals surface area contributed by atoms with Gasteiger partial charge < -0.3 is 9.47 Å². The molecule has 1 heterocycles. The molecule has 0 saturated heterocycles. The number of nitrogens with zero attached hydrogens (tertiary/aromatic N) is 2. The number of pyridine rings is 1. The number of hydrogen-bond donors (Lipinski definition) is 0. The molecule has 5 heteroatoms. The Labute approximate surface area is 110 Å². The van der Waals surface area contributed by atoms with Crippen LogP contribution in [0.1, 0.15) is 16.1 Å². The normalized spacial score (nSPS) is 9.47. The number of methoxy groups -OCH3 is 1. The number of carbonyl (C=O) groups excluding carboxylic acids is 1. The van der Waals surface area contributed by atoms with Crippen molar-refractivity contribution in [1.29, 1.82) is 5.26 Å². The molecule has 0 radical (unpaired) electrons. The zero-order valence-corrected chi connectivity index (χ0v) is 10.2. The Morgan fingerprint density at radius 1 is 1.26 bits per heavy atom. The van der Waals surface area contributed by atoms with Gasteiger partial charge in [-0.05, 0) is 24.3 Å². The zero-order valence-electron chi connectivity index (χ0n) is 10.2. The number of benzene rings is 1. The number of ether oxygens (including phenoxy) is 2. The molecular weight excluding hydrogens is 244 g/mol. The highest BCUT2D eigenvalue weighted by molar-refractivity contribution is 5.76. The van der Waals surface area contributed by atoms with Gasteiger partial charge in [0.25, 0.3) is 0 Å². The van der Waals surface area contributed by atoms with Crippen LogP contribution in [0.15, 0.2) is 36.4 Å². The standard InChI is InChI=1S/C14H10N2O3/c1-18-12-6-5-10(9-17)7-13(12)19-14-4-2-3-11(8-15)16-14/h2-7,9H,1H3. The molecule has 0 amide bonds. The van der Waals surface area contributed by atoms with Gasteiger partial charge in [0.05, 0.1) is 7.11 Å². The van der Waals surface area contributed by atoms with E-state index in [0.29, 0.717) is 23.3 Å². The van der Waals surface area contributed by atoms with Crippen molar-refractivity contribution in [2.45, 2.75) is 0 Å². The van der Waals surface area contributed by atoms with Crippen molar-refractivity contribution in [3.8, 4) is 23.4 Å². The first-order valence-electron chi connectivity index (χ1n) is 5.45. The molecular formula is C14H10N2O3. The zero-order chi connectivity index (χ0) is 13.7. The highest BCUT2D eigenvalue weighted by Crippen LogP contribution is 2.31. The minimum Gasteiger partial charge on any atom is -0.493 e. The highest BCUT2D eigenvalue weighted by atomic mass is 16.5. The third kappa shape index (κ3) is 2.87. The molecule has 19 heavy (non-hydrogen) atoms. The molecule has 0 aliphatic heterocycles. The summed E-state index contributed by atoms with van der Waals surface area (Å²) in [5.41, 5.74) is 0.718. The molecule has 0 aliphatic carbocycles. The van der Waals surface area contributed by atoms with Crippen LogP contribution in [0.2, 0.25) is 0 Å². The monoisotopic (exact) mass is 254 g/mol. The summed E-state index contributed by atoms with van der Waals surface area (Å²) in [5, 5.41) is 8.77. The molecule has 0 N–H and O–H groups in total. The number of hydrogen-bond acceptors (Lipinski definition) is 5. The molecule has 0 atom stereocenters. The fourth-order valence-electron chi connectivity index (χ4n) is 1.49. The fourth-order valence-corrected chi connectivity index (χ4v) is 1.49. The second kappa shape index (κ2) is 5.65. The highest BCUT2D eigenvalue weighted by Gasteiger charge is 2.08. The third-order valence-corrected chi connectivity index (χ3v) is 2.38. The summed E-state index contributed by atoms with van der Waals surface area (Å²) in [5.74, 6) is 1.12. The van der Waals surface area contributed by atoms with E-state index in [1.54, 1.807) is 36.4 Å². The van der Waals surface area contributed by atoms with E-state index in [1.807, 2.05) is 6.07 Å². The Balaban J connectivity index is 2.36. The van der Waals surface area contributed by atoms with E-state index in [9.17, 15) is 4.79 Å². The number of nitriles is 1. The predicted molar refractivity (Wildman–Crippen MR) is 67.4 cm³/mol. The fraction of sp³-hybridized carbons (Fsp3) is 0.0714. The quantitative estimate of drug-likeness (QED) is 0.784. The van der Waals surface area contributed by atoms with E-state index in [0.717, 1.165) is 0 Å². The minimum absolute atomic E-state index is 0.253. The molecule has 94 valence electrons. The topological polar surface area (TPSA) is 72.2 Å². The van der Waals surface area contributed by atoms with Crippen LogP contribution in [0, 0.1) is 11.3 Å². The molecule has 1 aromatic carbocycles. The Bertz CT molecular complexity index is 647. The maximum absolute atomic E-state index is 10.8. The molecule has 0 bridgehead atoms. The van der Waals surface area contributed by atoms with Crippen LogP contribution < -0.4 is 9.47 Å². The summed E-state index contributed by atoms with van der Waals surface area (Å²) in [6.07, 6.45) is 0.714. The molecule has 2 aromatic rings. The lowest BCUT2D eigenvalue weighted by atomic mass is 10.2. The predicted octanol–water partition coefficient (Wildman–Crippen LogP) is 2.57. The van der Waals surface area contributed by atoms with Gasteiger partial charge in [-0.2, -0.15) is 5.26 Å². The van der Waals surface area contributed by atoms with Crippen molar-refractivity contribution < 1.29 is 14.3 Å². The Kier molecular flexibility index (Phi) is 3.74. The average molecular weight is 254 g/mol. The molecule has 1 aromatic heterocycles. The molecule has 0 aliphatic rings. The molecule has 0 unspecified atom stereocenters. The van der Waals surface area contributed by atoms with Gasteiger partial charge in [-0.25, -0.2) is 4.98 Å². The van der Waals surface area contributed by atoms with Gasteiger partial charge in [0, 0.05) is 11.6 Å². The summed E-state index contributed by atoms with van der Waals surface area (Å²) >= 11 is 0. The Morgan fingerprint density at radius 3 is 2.79 bits per heavy atom. The molecule has 2 rings (SSSR count). The average Bonchev–Trinajstić information content (AvgIpc) is 2.47. The Morgan fingerprint density at radius 2 is 2.11 bits per heavy atom. The molecule has 0 spiro atoms. The number of rotatable bonds is 4. The van der Waals surface area contributed by atoms with Crippen molar-refractivity contribution in [2.75, 3.05) is 7.11 Å². The van der Waals surface area contributed by atoms with E-state index in [-0.39, 0.29) is 11.6 Å². The number of aldehydes is 1. The van der Waals surface area contributed by atoms with E-state index in [2.05, 4.69) is 4.98 Å². The van der Waals surface area contributed by atoms with E-state index < -0.39 is 0 Å². The number of aromatic nitrogens is 1. The maximum Gasteiger partial charge on any atom is 0.220 e. The van der Waals surface area contributed by atoms with Gasteiger partial charge in [-0.3, -0.25) is 4.79 Å². The summed E-state index contributed by atoms with van der Waals surface area (Å²) in [6, 6.07) is 11.6. The first-order valence-corrected chi connectivity index (χ1v) is 5.45. The van der Waals surface area contributed by atoms with Gasteiger partial charge in [0.15, 0.2) is 11.5 Å². The maximum atomic E-state index is 10.8. The van der Waals surface area contributed by atoms with Crippen LogP contribution in [0.3, 0.4) is 0 Å². The molecule has 0 fully saturated rings. The van der Waals surface area contributed by atoms with Crippen LogP contribution in [0.4, 0.5) is 0 Å². The van der Waals surface area contributed by atoms with Gasteiger partial charge >= 0.3 is 0 Å². The summed E-state index contributed by atoms with van der Waals surface area (Å²) in [4.78, 5) is 14.7. The van der Waals surface area contributed by atoms with Crippen LogP contribution >= 0.6 is 0 Å². The summed E-state index contributed by atoms with van der Waals surface area (Å²) in [6.45, 7) is 0. The van der Waals surface area contributed by atoms with Crippen molar-refractivity contribution >= 4 is 6.29 Å². The van der Waals surface area contributed by atoms with Crippen molar-refractivity contribution in [3.63, 3.8) is 0 Å². The van der Waals surface area contributed by atoms with Crippen LogP contribution in [-0.4, -0.2) is 18.4 Å². The summed E-state index contributed by atoms with van der Waals surface area (Å²) in [7, 11) is 1.50. The number of carbonyl (C=O) groups is 1. The van der Waals surface area contributed by atoms with Gasteiger partial charge in [-0.1, -0.05) is 6.07 Å². The SMILES string of the molecule is COc1ccc(C=O)cc1Oc1cccc(C#N)n1. The van der Waals surface area contributed by atoms with Crippen LogP contribution in [0.25, 0.3) is 0 Å². The summed E-state index contributed by atoms with van der Waals surface area (Å²) < 4.78 is 10.7. The second-order valence-electron chi connectivity index (χ2n) is 3.60. The van der Waals surface area contributed by atoms with Crippen molar-refractivity contribution in [2.24, 2.45) is 0 Å². The minimum atomic E-state index is 0.253. The molecule has 0 saturated carbocycles. The third-order valence-electron chi connectivity index (χ3n) is 2.38. The van der Waals surface area contributed by atoms with Crippen LogP contribution in [0.5, 0.6) is 17.4 Å². The van der Waals surface area contributed by atoms with Crippen molar-refractivity contribution in [3.05, 3.63) is 47.7 Å². The lowest BCUT2D eigenvalue weighted by molar-refractivity contribution is 0.112. The first-order chi connectivity index (χ1) is 9.26. The Hall–Kier alpha value is -2.87. The van der Waals surface area contributed by atoms with Gasteiger partial charge in [-0.15, -0.1) is 0 Å². The lowest BCUT2D eigenvalue weighted by Gasteiger charge is -2.09. The van der Waals surface area contributed by atoms with E-state index in [1.165, 1.54) is 7.11 Å².